The lowest BCUT2D eigenvalue weighted by atomic mass is 10.5. The highest BCUT2D eigenvalue weighted by molar-refractivity contribution is 7.07. The van der Waals surface area contributed by atoms with Crippen LogP contribution in [0.4, 0.5) is 0 Å². The summed E-state index contributed by atoms with van der Waals surface area (Å²) >= 11 is 1.39. The molecule has 0 amide bonds. The van der Waals surface area contributed by atoms with Crippen LogP contribution in [0.3, 0.4) is 0 Å². The highest BCUT2D eigenvalue weighted by atomic mass is 32.1. The topological polar surface area (TPSA) is 41.7 Å². The summed E-state index contributed by atoms with van der Waals surface area (Å²) in [5, 5.41) is 9.40. The molecule has 12 heavy (non-hydrogen) atoms. The lowest BCUT2D eigenvalue weighted by Crippen LogP contribution is -2.10. The Morgan fingerprint density at radius 2 is 2.33 bits per heavy atom. The molecular formula is C8H7N3S. The number of nitrogens with zero attached hydrogens (tertiary/aromatic N) is 2. The molecule has 0 unspecified atom stereocenters. The summed E-state index contributed by atoms with van der Waals surface area (Å²) < 4.78 is 1.74. The van der Waals surface area contributed by atoms with Gasteiger partial charge in [0.2, 0.25) is 0 Å². The van der Waals surface area contributed by atoms with Gasteiger partial charge in [0.25, 0.3) is 0 Å². The monoisotopic (exact) mass is 177 g/mol. The van der Waals surface area contributed by atoms with Crippen LogP contribution in [0.2, 0.25) is 0 Å². The molecule has 1 N–H and O–H groups in total. The fourth-order valence-electron chi connectivity index (χ4n) is 0.957. The third-order valence-corrected chi connectivity index (χ3v) is 2.18. The van der Waals surface area contributed by atoms with Gasteiger partial charge in [-0.25, -0.2) is 4.98 Å². The van der Waals surface area contributed by atoms with E-state index in [4.69, 9.17) is 5.41 Å². The van der Waals surface area contributed by atoms with Gasteiger partial charge < -0.3 is 0 Å². The Labute approximate surface area is 73.5 Å². The van der Waals surface area contributed by atoms with Crippen molar-refractivity contribution in [3.8, 4) is 5.82 Å². The van der Waals surface area contributed by atoms with Gasteiger partial charge in [0.15, 0.2) is 4.80 Å². The molecule has 0 fully saturated rings. The quantitative estimate of drug-likeness (QED) is 0.703. The SMILES string of the molecule is N=c1sccn1-c1ccccn1. The van der Waals surface area contributed by atoms with Gasteiger partial charge in [-0.3, -0.25) is 9.98 Å². The molecule has 2 aromatic heterocycles. The Morgan fingerprint density at radius 3 is 2.92 bits per heavy atom. The van der Waals surface area contributed by atoms with Crippen LogP contribution >= 0.6 is 11.3 Å². The van der Waals surface area contributed by atoms with E-state index in [2.05, 4.69) is 4.98 Å². The minimum absolute atomic E-state index is 0.494. The number of rotatable bonds is 1. The third kappa shape index (κ3) is 1.16. The number of aromatic nitrogens is 2. The Morgan fingerprint density at radius 1 is 1.42 bits per heavy atom. The summed E-state index contributed by atoms with van der Waals surface area (Å²) in [5.74, 6) is 0.795. The van der Waals surface area contributed by atoms with Crippen molar-refractivity contribution >= 4 is 11.3 Å². The largest absolute Gasteiger partial charge is 0.277 e. The van der Waals surface area contributed by atoms with Gasteiger partial charge in [-0.05, 0) is 12.1 Å². The summed E-state index contributed by atoms with van der Waals surface area (Å²) in [6.45, 7) is 0. The van der Waals surface area contributed by atoms with Gasteiger partial charge in [0.1, 0.15) is 5.82 Å². The fraction of sp³-hybridized carbons (Fsp3) is 0. The number of nitrogens with one attached hydrogen (secondary N) is 1. The maximum Gasteiger partial charge on any atom is 0.187 e. The predicted octanol–water partition coefficient (Wildman–Crippen LogP) is 1.41. The summed E-state index contributed by atoms with van der Waals surface area (Å²) in [6.07, 6.45) is 3.56. The van der Waals surface area contributed by atoms with E-state index < -0.39 is 0 Å². The Kier molecular flexibility index (Phi) is 1.75. The van der Waals surface area contributed by atoms with Crippen LogP contribution in [0.25, 0.3) is 5.82 Å². The summed E-state index contributed by atoms with van der Waals surface area (Å²) in [6, 6.07) is 5.65. The molecule has 0 aliphatic heterocycles. The van der Waals surface area contributed by atoms with E-state index in [0.717, 1.165) is 5.82 Å². The van der Waals surface area contributed by atoms with Gasteiger partial charge in [-0.2, -0.15) is 0 Å². The van der Waals surface area contributed by atoms with E-state index in [9.17, 15) is 0 Å². The van der Waals surface area contributed by atoms with E-state index in [0.29, 0.717) is 4.80 Å². The number of thiazole rings is 1. The van der Waals surface area contributed by atoms with E-state index in [1.807, 2.05) is 29.8 Å². The average molecular weight is 177 g/mol. The Bertz CT molecular complexity index is 415. The number of hydrogen-bond acceptors (Lipinski definition) is 3. The van der Waals surface area contributed by atoms with Crippen LogP contribution < -0.4 is 4.80 Å². The van der Waals surface area contributed by atoms with Crippen molar-refractivity contribution in [3.63, 3.8) is 0 Å². The first kappa shape index (κ1) is 7.24. The zero-order valence-electron chi connectivity index (χ0n) is 6.27. The van der Waals surface area contributed by atoms with Gasteiger partial charge >= 0.3 is 0 Å². The van der Waals surface area contributed by atoms with Crippen molar-refractivity contribution in [2.75, 3.05) is 0 Å². The molecule has 3 nitrogen and oxygen atoms in total. The molecule has 0 atom stereocenters. The van der Waals surface area contributed by atoms with Crippen molar-refractivity contribution in [2.45, 2.75) is 0 Å². The lowest BCUT2D eigenvalue weighted by molar-refractivity contribution is 0.935. The summed E-state index contributed by atoms with van der Waals surface area (Å²) in [7, 11) is 0. The van der Waals surface area contributed by atoms with E-state index in [-0.39, 0.29) is 0 Å². The normalized spacial score (nSPS) is 10.0. The number of hydrogen-bond donors (Lipinski definition) is 1. The fourth-order valence-corrected chi connectivity index (χ4v) is 1.54. The summed E-state index contributed by atoms with van der Waals surface area (Å²) in [5.41, 5.74) is 0. The smallest absolute Gasteiger partial charge is 0.187 e. The predicted molar refractivity (Wildman–Crippen MR) is 47.3 cm³/mol. The first-order valence-corrected chi connectivity index (χ1v) is 4.38. The van der Waals surface area contributed by atoms with Gasteiger partial charge in [-0.15, -0.1) is 11.3 Å². The third-order valence-electron chi connectivity index (χ3n) is 1.50. The molecule has 2 aromatic rings. The Balaban J connectivity index is 2.59. The van der Waals surface area contributed by atoms with Crippen molar-refractivity contribution in [1.29, 1.82) is 5.41 Å². The minimum atomic E-state index is 0.494. The van der Waals surface area contributed by atoms with Gasteiger partial charge in [0.05, 0.1) is 0 Å². The molecule has 0 aromatic carbocycles. The Hall–Kier alpha value is -1.42. The highest BCUT2D eigenvalue weighted by Crippen LogP contribution is 2.00. The standard InChI is InChI=1S/C8H7N3S/c9-8-11(5-6-12-8)7-3-1-2-4-10-7/h1-6,9H. The molecule has 0 aliphatic carbocycles. The molecule has 0 radical (unpaired) electrons. The maximum atomic E-state index is 7.53. The second-order valence-electron chi connectivity index (χ2n) is 2.27. The first-order chi connectivity index (χ1) is 5.88. The average Bonchev–Trinajstić information content (AvgIpc) is 2.53. The van der Waals surface area contributed by atoms with Crippen molar-refractivity contribution in [2.24, 2.45) is 0 Å². The van der Waals surface area contributed by atoms with E-state index in [1.165, 1.54) is 11.3 Å². The second kappa shape index (κ2) is 2.91. The highest BCUT2D eigenvalue weighted by Gasteiger charge is 1.95. The molecule has 0 bridgehead atoms. The molecule has 0 aliphatic rings. The second-order valence-corrected chi connectivity index (χ2v) is 3.16. The van der Waals surface area contributed by atoms with Crippen LogP contribution in [-0.2, 0) is 0 Å². The molecule has 0 saturated heterocycles. The molecular weight excluding hydrogens is 170 g/mol. The number of pyridine rings is 1. The molecule has 0 spiro atoms. The van der Waals surface area contributed by atoms with Crippen LogP contribution in [0, 0.1) is 5.41 Å². The minimum Gasteiger partial charge on any atom is -0.277 e. The van der Waals surface area contributed by atoms with Crippen molar-refractivity contribution < 1.29 is 0 Å². The molecule has 2 rings (SSSR count). The molecule has 2 heterocycles. The zero-order chi connectivity index (χ0) is 8.39. The molecule has 4 heteroatoms. The van der Waals surface area contributed by atoms with Crippen molar-refractivity contribution in [3.05, 3.63) is 40.8 Å². The zero-order valence-corrected chi connectivity index (χ0v) is 7.08. The molecule has 0 saturated carbocycles. The summed E-state index contributed by atoms with van der Waals surface area (Å²) in [4.78, 5) is 4.63. The first-order valence-electron chi connectivity index (χ1n) is 3.50. The van der Waals surface area contributed by atoms with Gasteiger partial charge in [0, 0.05) is 17.8 Å². The maximum absolute atomic E-state index is 7.53. The van der Waals surface area contributed by atoms with Crippen LogP contribution in [0.5, 0.6) is 0 Å². The van der Waals surface area contributed by atoms with Crippen LogP contribution in [-0.4, -0.2) is 9.55 Å². The molecule has 60 valence electrons. The van der Waals surface area contributed by atoms with Crippen molar-refractivity contribution in [1.82, 2.24) is 9.55 Å². The lowest BCUT2D eigenvalue weighted by Gasteiger charge is -1.97. The van der Waals surface area contributed by atoms with E-state index in [1.54, 1.807) is 10.8 Å². The van der Waals surface area contributed by atoms with Crippen LogP contribution in [0.1, 0.15) is 0 Å². The van der Waals surface area contributed by atoms with Crippen LogP contribution in [0.15, 0.2) is 36.0 Å². The van der Waals surface area contributed by atoms with Gasteiger partial charge in [-0.1, -0.05) is 6.07 Å². The van der Waals surface area contributed by atoms with E-state index >= 15 is 0 Å².